The first-order valence-electron chi connectivity index (χ1n) is 4.98. The number of alkyl halides is 1. The van der Waals surface area contributed by atoms with E-state index in [2.05, 4.69) is 20.9 Å². The molecule has 0 spiro atoms. The third-order valence-electron chi connectivity index (χ3n) is 2.62. The van der Waals surface area contributed by atoms with Crippen LogP contribution in [0.4, 0.5) is 0 Å². The average molecular weight is 289 g/mol. The van der Waals surface area contributed by atoms with Gasteiger partial charge in [0.15, 0.2) is 0 Å². The maximum atomic E-state index is 12.0. The second-order valence-corrected chi connectivity index (χ2v) is 5.69. The average Bonchev–Trinajstić information content (AvgIpc) is 2.84. The highest BCUT2D eigenvalue weighted by atomic mass is 79.9. The molecule has 5 heteroatoms. The maximum absolute atomic E-state index is 12.0. The van der Waals surface area contributed by atoms with E-state index in [0.717, 1.165) is 34.7 Å². The van der Waals surface area contributed by atoms with Crippen LogP contribution < -0.4 is 0 Å². The summed E-state index contributed by atoms with van der Waals surface area (Å²) in [6.45, 7) is 3.68. The van der Waals surface area contributed by atoms with Crippen molar-refractivity contribution in [3.05, 3.63) is 16.1 Å². The van der Waals surface area contributed by atoms with Crippen LogP contribution in [0.5, 0.6) is 0 Å². The number of likely N-dealkylation sites (tertiary alicyclic amines) is 1. The minimum absolute atomic E-state index is 0.143. The van der Waals surface area contributed by atoms with Gasteiger partial charge < -0.3 is 4.90 Å². The summed E-state index contributed by atoms with van der Waals surface area (Å²) in [6, 6.07) is 0. The largest absolute Gasteiger partial charge is 0.338 e. The molecule has 1 aromatic rings. The summed E-state index contributed by atoms with van der Waals surface area (Å²) in [5.74, 6) is 0.756. The van der Waals surface area contributed by atoms with Crippen molar-refractivity contribution in [2.24, 2.45) is 5.92 Å². The van der Waals surface area contributed by atoms with Crippen LogP contribution in [0.15, 0.2) is 6.20 Å². The monoisotopic (exact) mass is 288 g/mol. The second kappa shape index (κ2) is 4.61. The molecule has 0 aromatic carbocycles. The number of halogens is 1. The third kappa shape index (κ3) is 2.39. The molecule has 2 rings (SSSR count). The SMILES string of the molecule is Cc1ncc(C(=O)N2CCC(CBr)C2)s1. The molecule has 2 heterocycles. The molecular weight excluding hydrogens is 276 g/mol. The molecule has 0 N–H and O–H groups in total. The van der Waals surface area contributed by atoms with Gasteiger partial charge in [-0.2, -0.15) is 0 Å². The van der Waals surface area contributed by atoms with Crippen LogP contribution in [0, 0.1) is 12.8 Å². The molecule has 0 radical (unpaired) electrons. The van der Waals surface area contributed by atoms with Gasteiger partial charge in [0.25, 0.3) is 5.91 Å². The number of carbonyl (C=O) groups excluding carboxylic acids is 1. The molecule has 1 amide bonds. The highest BCUT2D eigenvalue weighted by Crippen LogP contribution is 2.22. The fourth-order valence-corrected chi connectivity index (χ4v) is 3.03. The van der Waals surface area contributed by atoms with Gasteiger partial charge in [0.05, 0.1) is 11.2 Å². The summed E-state index contributed by atoms with van der Waals surface area (Å²) in [5.41, 5.74) is 0. The lowest BCUT2D eigenvalue weighted by Gasteiger charge is -2.14. The van der Waals surface area contributed by atoms with Crippen LogP contribution in [-0.2, 0) is 0 Å². The van der Waals surface area contributed by atoms with Crippen LogP contribution >= 0.6 is 27.3 Å². The minimum Gasteiger partial charge on any atom is -0.338 e. The number of carbonyl (C=O) groups is 1. The van der Waals surface area contributed by atoms with Crippen molar-refractivity contribution in [1.82, 2.24) is 9.88 Å². The summed E-state index contributed by atoms with van der Waals surface area (Å²) in [4.78, 5) is 18.8. The molecule has 82 valence electrons. The van der Waals surface area contributed by atoms with Crippen LogP contribution in [0.25, 0.3) is 0 Å². The predicted octanol–water partition coefficient (Wildman–Crippen LogP) is 2.31. The maximum Gasteiger partial charge on any atom is 0.265 e. The Hall–Kier alpha value is -0.420. The minimum atomic E-state index is 0.143. The predicted molar refractivity (Wildman–Crippen MR) is 64.7 cm³/mol. The lowest BCUT2D eigenvalue weighted by molar-refractivity contribution is 0.0793. The summed E-state index contributed by atoms with van der Waals surface area (Å²) in [6.07, 6.45) is 2.79. The van der Waals surface area contributed by atoms with Crippen LogP contribution in [-0.4, -0.2) is 34.2 Å². The molecular formula is C10H13BrN2OS. The van der Waals surface area contributed by atoms with Crippen molar-refractivity contribution in [3.63, 3.8) is 0 Å². The van der Waals surface area contributed by atoms with Gasteiger partial charge in [0.2, 0.25) is 0 Å². The molecule has 1 unspecified atom stereocenters. The van der Waals surface area contributed by atoms with Crippen LogP contribution in [0.1, 0.15) is 21.1 Å². The number of aryl methyl sites for hydroxylation is 1. The summed E-state index contributed by atoms with van der Waals surface area (Å²) in [7, 11) is 0. The quantitative estimate of drug-likeness (QED) is 0.783. The van der Waals surface area contributed by atoms with Crippen LogP contribution in [0.3, 0.4) is 0 Å². The first kappa shape index (κ1) is 11.1. The number of amides is 1. The number of hydrogen-bond donors (Lipinski definition) is 0. The highest BCUT2D eigenvalue weighted by Gasteiger charge is 2.26. The number of aromatic nitrogens is 1. The number of thiazole rings is 1. The van der Waals surface area contributed by atoms with E-state index in [1.165, 1.54) is 11.3 Å². The number of hydrogen-bond acceptors (Lipinski definition) is 3. The molecule has 1 fully saturated rings. The van der Waals surface area contributed by atoms with Gasteiger partial charge in [-0.25, -0.2) is 4.98 Å². The number of rotatable bonds is 2. The Labute approximate surface area is 102 Å². The molecule has 15 heavy (non-hydrogen) atoms. The Kier molecular flexibility index (Phi) is 3.41. The smallest absolute Gasteiger partial charge is 0.265 e. The van der Waals surface area contributed by atoms with E-state index in [0.29, 0.717) is 5.92 Å². The standard InChI is InChI=1S/C10H13BrN2OS/c1-7-12-5-9(15-7)10(14)13-3-2-8(4-11)6-13/h5,8H,2-4,6H2,1H3. The van der Waals surface area contributed by atoms with Gasteiger partial charge in [-0.05, 0) is 19.3 Å². The van der Waals surface area contributed by atoms with Crippen molar-refractivity contribution < 1.29 is 4.79 Å². The van der Waals surface area contributed by atoms with E-state index in [1.807, 2.05) is 11.8 Å². The topological polar surface area (TPSA) is 33.2 Å². The Bertz CT molecular complexity index is 366. The zero-order valence-corrected chi connectivity index (χ0v) is 11.0. The molecule has 0 saturated carbocycles. The molecule has 3 nitrogen and oxygen atoms in total. The number of nitrogens with zero attached hydrogens (tertiary/aromatic N) is 2. The van der Waals surface area contributed by atoms with E-state index in [4.69, 9.17) is 0 Å². The summed E-state index contributed by atoms with van der Waals surface area (Å²) >= 11 is 4.94. The molecule has 1 aliphatic heterocycles. The third-order valence-corrected chi connectivity index (χ3v) is 4.44. The van der Waals surface area contributed by atoms with Gasteiger partial charge in [0.1, 0.15) is 4.88 Å². The fraction of sp³-hybridized carbons (Fsp3) is 0.600. The lowest BCUT2D eigenvalue weighted by Crippen LogP contribution is -2.28. The molecule has 0 bridgehead atoms. The van der Waals surface area contributed by atoms with Gasteiger partial charge in [0, 0.05) is 18.4 Å². The molecule has 1 saturated heterocycles. The van der Waals surface area contributed by atoms with E-state index in [9.17, 15) is 4.79 Å². The van der Waals surface area contributed by atoms with Gasteiger partial charge in [-0.15, -0.1) is 11.3 Å². The Morgan fingerprint density at radius 3 is 3.13 bits per heavy atom. The summed E-state index contributed by atoms with van der Waals surface area (Å²) < 4.78 is 0. The van der Waals surface area contributed by atoms with Gasteiger partial charge in [-0.1, -0.05) is 15.9 Å². The van der Waals surface area contributed by atoms with Crippen molar-refractivity contribution in [3.8, 4) is 0 Å². The molecule has 0 aliphatic carbocycles. The van der Waals surface area contributed by atoms with Crippen molar-refractivity contribution in [1.29, 1.82) is 0 Å². The zero-order valence-electron chi connectivity index (χ0n) is 8.57. The van der Waals surface area contributed by atoms with Crippen molar-refractivity contribution in [2.45, 2.75) is 13.3 Å². The normalized spacial score (nSPS) is 20.9. The first-order chi connectivity index (χ1) is 7.20. The lowest BCUT2D eigenvalue weighted by atomic mass is 10.2. The first-order valence-corrected chi connectivity index (χ1v) is 6.92. The second-order valence-electron chi connectivity index (χ2n) is 3.80. The molecule has 1 aromatic heterocycles. The highest BCUT2D eigenvalue weighted by molar-refractivity contribution is 9.09. The van der Waals surface area contributed by atoms with E-state index in [-0.39, 0.29) is 5.91 Å². The van der Waals surface area contributed by atoms with Crippen molar-refractivity contribution in [2.75, 3.05) is 18.4 Å². The Morgan fingerprint density at radius 1 is 1.80 bits per heavy atom. The zero-order chi connectivity index (χ0) is 10.8. The summed E-state index contributed by atoms with van der Waals surface area (Å²) in [5, 5.41) is 1.94. The molecule has 1 atom stereocenters. The van der Waals surface area contributed by atoms with Gasteiger partial charge in [-0.3, -0.25) is 4.79 Å². The Morgan fingerprint density at radius 2 is 2.60 bits per heavy atom. The van der Waals surface area contributed by atoms with Gasteiger partial charge >= 0.3 is 0 Å². The van der Waals surface area contributed by atoms with E-state index >= 15 is 0 Å². The fourth-order valence-electron chi connectivity index (χ4n) is 1.76. The van der Waals surface area contributed by atoms with Crippen molar-refractivity contribution >= 4 is 33.2 Å². The molecule has 1 aliphatic rings. The van der Waals surface area contributed by atoms with E-state index < -0.39 is 0 Å². The Balaban J connectivity index is 2.03. The van der Waals surface area contributed by atoms with Crippen LogP contribution in [0.2, 0.25) is 0 Å². The van der Waals surface area contributed by atoms with E-state index in [1.54, 1.807) is 6.20 Å².